The van der Waals surface area contributed by atoms with Crippen LogP contribution in [-0.4, -0.2) is 90.2 Å². The molecule has 1 aliphatic rings. The molecule has 4 N–H and O–H groups in total. The summed E-state index contributed by atoms with van der Waals surface area (Å²) in [5, 5.41) is 26.9. The van der Waals surface area contributed by atoms with Crippen molar-refractivity contribution in [2.45, 2.75) is 56.4 Å². The van der Waals surface area contributed by atoms with Gasteiger partial charge in [-0.3, -0.25) is 14.5 Å². The Balaban J connectivity index is 1.55. The number of amides is 4. The molecule has 3 unspecified atom stereocenters. The quantitative estimate of drug-likeness (QED) is 0.208. The number of ether oxygens (including phenoxy) is 1. The number of carbonyl (C=O) groups is 3. The molecule has 0 radical (unpaired) electrons. The largest absolute Gasteiger partial charge is 0.497 e. The van der Waals surface area contributed by atoms with Crippen LogP contribution in [0.5, 0.6) is 5.75 Å². The Bertz CT molecular complexity index is 1630. The molecule has 0 aliphatic carbocycles. The topological polar surface area (TPSA) is 166 Å². The molecule has 1 heterocycles. The average Bonchev–Trinajstić information content (AvgIpc) is 3.25. The SMILES string of the molecule is COc1ccc(S(=O)(=O)N(CC(C)O)CC(O)C(Cc2ccccc2)NC(=O)Nc2ccc3c(c2)C(=O)N(C(C)C)C3=O)cc1. The summed E-state index contributed by atoms with van der Waals surface area (Å²) in [6.45, 7) is 4.17. The van der Waals surface area contributed by atoms with Crippen LogP contribution in [0, 0.1) is 0 Å². The first-order chi connectivity index (χ1) is 21.3. The van der Waals surface area contributed by atoms with Gasteiger partial charge in [0.15, 0.2) is 0 Å². The number of nitrogens with zero attached hydrogens (tertiary/aromatic N) is 2. The van der Waals surface area contributed by atoms with Gasteiger partial charge in [0.25, 0.3) is 11.8 Å². The van der Waals surface area contributed by atoms with E-state index in [0.29, 0.717) is 5.75 Å². The van der Waals surface area contributed by atoms with Crippen LogP contribution >= 0.6 is 0 Å². The Morgan fingerprint density at radius 1 is 0.911 bits per heavy atom. The normalized spacial score (nSPS) is 15.2. The number of aliphatic hydroxyl groups excluding tert-OH is 2. The van der Waals surface area contributed by atoms with Gasteiger partial charge in [-0.1, -0.05) is 30.3 Å². The standard InChI is InChI=1S/C32H38N4O8S/c1-20(2)36-30(39)26-15-10-23(17-27(26)31(36)40)33-32(41)34-28(16-22-8-6-5-7-9-22)29(38)19-35(18-21(3)37)45(42,43)25-13-11-24(44-4)12-14-25/h5-15,17,20-21,28-29,37-38H,16,18-19H2,1-4H3,(H2,33,34,41). The lowest BCUT2D eigenvalue weighted by Crippen LogP contribution is -2.52. The van der Waals surface area contributed by atoms with Crippen LogP contribution in [-0.2, 0) is 16.4 Å². The summed E-state index contributed by atoms with van der Waals surface area (Å²) in [7, 11) is -2.70. The van der Waals surface area contributed by atoms with E-state index in [0.717, 1.165) is 14.8 Å². The number of hydrogen-bond acceptors (Lipinski definition) is 8. The molecule has 240 valence electrons. The van der Waals surface area contributed by atoms with Crippen molar-refractivity contribution in [3.05, 3.63) is 89.5 Å². The predicted molar refractivity (Wildman–Crippen MR) is 168 cm³/mol. The highest BCUT2D eigenvalue weighted by molar-refractivity contribution is 7.89. The van der Waals surface area contributed by atoms with Gasteiger partial charge in [0.05, 0.1) is 41.4 Å². The first-order valence-corrected chi connectivity index (χ1v) is 15.9. The summed E-state index contributed by atoms with van der Waals surface area (Å²) >= 11 is 0. The molecule has 0 spiro atoms. The Morgan fingerprint density at radius 2 is 1.56 bits per heavy atom. The van der Waals surface area contributed by atoms with Crippen LogP contribution in [0.4, 0.5) is 10.5 Å². The van der Waals surface area contributed by atoms with Gasteiger partial charge >= 0.3 is 6.03 Å². The van der Waals surface area contributed by atoms with Gasteiger partial charge in [0.1, 0.15) is 5.75 Å². The Morgan fingerprint density at radius 3 is 2.16 bits per heavy atom. The van der Waals surface area contributed by atoms with E-state index in [-0.39, 0.29) is 40.7 Å². The van der Waals surface area contributed by atoms with E-state index in [1.165, 1.54) is 56.5 Å². The van der Waals surface area contributed by atoms with Crippen LogP contribution in [0.15, 0.2) is 77.7 Å². The lowest BCUT2D eigenvalue weighted by Gasteiger charge is -2.30. The summed E-state index contributed by atoms with van der Waals surface area (Å²) in [4.78, 5) is 39.7. The molecule has 1 aliphatic heterocycles. The van der Waals surface area contributed by atoms with Crippen LogP contribution < -0.4 is 15.4 Å². The van der Waals surface area contributed by atoms with Crippen LogP contribution in [0.25, 0.3) is 0 Å². The lowest BCUT2D eigenvalue weighted by atomic mass is 10.0. The molecule has 4 amide bonds. The Kier molecular flexibility index (Phi) is 10.6. The highest BCUT2D eigenvalue weighted by Gasteiger charge is 2.37. The van der Waals surface area contributed by atoms with Gasteiger partial charge in [-0.25, -0.2) is 13.2 Å². The monoisotopic (exact) mass is 638 g/mol. The maximum absolute atomic E-state index is 13.6. The number of hydrogen-bond donors (Lipinski definition) is 4. The van der Waals surface area contributed by atoms with E-state index in [2.05, 4.69) is 10.6 Å². The maximum atomic E-state index is 13.6. The van der Waals surface area contributed by atoms with Gasteiger partial charge in [-0.2, -0.15) is 4.31 Å². The summed E-state index contributed by atoms with van der Waals surface area (Å²) in [5.41, 5.74) is 1.44. The fourth-order valence-electron chi connectivity index (χ4n) is 5.09. The van der Waals surface area contributed by atoms with Crippen molar-refractivity contribution >= 4 is 33.6 Å². The summed E-state index contributed by atoms with van der Waals surface area (Å²) in [6, 6.07) is 17.2. The third kappa shape index (κ3) is 7.87. The van der Waals surface area contributed by atoms with E-state index in [4.69, 9.17) is 4.74 Å². The van der Waals surface area contributed by atoms with Crippen molar-refractivity contribution in [2.75, 3.05) is 25.5 Å². The zero-order valence-electron chi connectivity index (χ0n) is 25.5. The number of imide groups is 1. The van der Waals surface area contributed by atoms with E-state index in [1.54, 1.807) is 26.0 Å². The number of rotatable bonds is 13. The number of aliphatic hydroxyl groups is 2. The third-order valence-electron chi connectivity index (χ3n) is 7.33. The zero-order chi connectivity index (χ0) is 32.9. The number of nitrogens with one attached hydrogen (secondary N) is 2. The van der Waals surface area contributed by atoms with Gasteiger partial charge in [-0.15, -0.1) is 0 Å². The molecule has 0 fully saturated rings. The van der Waals surface area contributed by atoms with Crippen molar-refractivity contribution in [1.29, 1.82) is 0 Å². The molecule has 3 aromatic rings. The number of methoxy groups -OCH3 is 1. The zero-order valence-corrected chi connectivity index (χ0v) is 26.3. The number of anilines is 1. The molecule has 0 bridgehead atoms. The number of urea groups is 1. The Hall–Kier alpha value is -4.30. The number of sulfonamides is 1. The van der Waals surface area contributed by atoms with E-state index in [9.17, 15) is 33.0 Å². The molecule has 0 saturated carbocycles. The average molecular weight is 639 g/mol. The van der Waals surface area contributed by atoms with Crippen LogP contribution in [0.3, 0.4) is 0 Å². The van der Waals surface area contributed by atoms with E-state index >= 15 is 0 Å². The second-order valence-corrected chi connectivity index (χ2v) is 13.1. The van der Waals surface area contributed by atoms with Gasteiger partial charge in [0.2, 0.25) is 10.0 Å². The number of benzene rings is 3. The summed E-state index contributed by atoms with van der Waals surface area (Å²) < 4.78 is 33.2. The smallest absolute Gasteiger partial charge is 0.319 e. The van der Waals surface area contributed by atoms with Crippen LogP contribution in [0.1, 0.15) is 47.1 Å². The minimum absolute atomic E-state index is 0.0536. The molecule has 4 rings (SSSR count). The summed E-state index contributed by atoms with van der Waals surface area (Å²) in [5.74, 6) is -0.396. The maximum Gasteiger partial charge on any atom is 0.319 e. The molecule has 12 nitrogen and oxygen atoms in total. The highest BCUT2D eigenvalue weighted by atomic mass is 32.2. The van der Waals surface area contributed by atoms with Gasteiger partial charge in [0, 0.05) is 24.8 Å². The second-order valence-electron chi connectivity index (χ2n) is 11.1. The lowest BCUT2D eigenvalue weighted by molar-refractivity contribution is 0.0609. The second kappa shape index (κ2) is 14.2. The minimum Gasteiger partial charge on any atom is -0.497 e. The number of carbonyl (C=O) groups excluding carboxylic acids is 3. The van der Waals surface area contributed by atoms with Crippen molar-refractivity contribution in [3.8, 4) is 5.75 Å². The van der Waals surface area contributed by atoms with Crippen molar-refractivity contribution in [1.82, 2.24) is 14.5 Å². The summed E-state index contributed by atoms with van der Waals surface area (Å²) in [6.07, 6.45) is -2.29. The van der Waals surface area contributed by atoms with E-state index < -0.39 is 52.7 Å². The molecule has 0 aromatic heterocycles. The predicted octanol–water partition coefficient (Wildman–Crippen LogP) is 2.87. The Labute approximate surface area is 262 Å². The first-order valence-electron chi connectivity index (χ1n) is 14.5. The fraction of sp³-hybridized carbons (Fsp3) is 0.344. The van der Waals surface area contributed by atoms with E-state index in [1.807, 2.05) is 18.2 Å². The molecule has 3 atom stereocenters. The molecule has 0 saturated heterocycles. The first kappa shape index (κ1) is 33.6. The fourth-order valence-corrected chi connectivity index (χ4v) is 6.63. The van der Waals surface area contributed by atoms with Gasteiger partial charge in [-0.05, 0) is 75.2 Å². The molecule has 45 heavy (non-hydrogen) atoms. The van der Waals surface area contributed by atoms with Gasteiger partial charge < -0.3 is 25.6 Å². The van der Waals surface area contributed by atoms with Crippen molar-refractivity contribution in [2.24, 2.45) is 0 Å². The van der Waals surface area contributed by atoms with Crippen molar-refractivity contribution in [3.63, 3.8) is 0 Å². The molecule has 13 heteroatoms. The molecular formula is C32H38N4O8S. The third-order valence-corrected chi connectivity index (χ3v) is 9.17. The molecular weight excluding hydrogens is 600 g/mol. The highest BCUT2D eigenvalue weighted by Crippen LogP contribution is 2.27. The van der Waals surface area contributed by atoms with Crippen LogP contribution in [0.2, 0.25) is 0 Å². The number of fused-ring (bicyclic) bond motifs is 1. The molecule has 3 aromatic carbocycles. The van der Waals surface area contributed by atoms with Crippen molar-refractivity contribution < 1.29 is 37.8 Å². The minimum atomic E-state index is -4.16.